The highest BCUT2D eigenvalue weighted by Crippen LogP contribution is 2.17. The molecule has 0 aromatic carbocycles. The second kappa shape index (κ2) is 5.38. The Balaban J connectivity index is 1.94. The van der Waals surface area contributed by atoms with E-state index >= 15 is 0 Å². The summed E-state index contributed by atoms with van der Waals surface area (Å²) in [6, 6.07) is 0.173. The summed E-state index contributed by atoms with van der Waals surface area (Å²) < 4.78 is 2.06. The fourth-order valence-corrected chi connectivity index (χ4v) is 2.33. The minimum Gasteiger partial charge on any atom is -0.339 e. The van der Waals surface area contributed by atoms with E-state index in [4.69, 9.17) is 0 Å². The molecule has 4 nitrogen and oxygen atoms in total. The predicted octanol–water partition coefficient (Wildman–Crippen LogP) is 2.32. The first-order valence-electron chi connectivity index (χ1n) is 6.50. The van der Waals surface area contributed by atoms with Gasteiger partial charge in [0.25, 0.3) is 0 Å². The molecule has 0 saturated carbocycles. The Hall–Kier alpha value is -1.58. The van der Waals surface area contributed by atoms with Crippen LogP contribution < -0.4 is 0 Å². The van der Waals surface area contributed by atoms with E-state index < -0.39 is 0 Å². The summed E-state index contributed by atoms with van der Waals surface area (Å²) in [5, 5.41) is 0. The molecule has 2 rings (SSSR count). The molecule has 1 aromatic rings. The lowest BCUT2D eigenvalue weighted by atomic mass is 10.1. The van der Waals surface area contributed by atoms with E-state index in [0.29, 0.717) is 6.42 Å². The van der Waals surface area contributed by atoms with E-state index in [1.54, 1.807) is 6.20 Å². The molecule has 0 saturated heterocycles. The molecular weight excluding hydrogens is 226 g/mol. The van der Waals surface area contributed by atoms with Crippen LogP contribution in [0.3, 0.4) is 0 Å². The number of imidazole rings is 1. The highest BCUT2D eigenvalue weighted by atomic mass is 16.2. The first kappa shape index (κ1) is 12.9. The van der Waals surface area contributed by atoms with Gasteiger partial charge in [0.1, 0.15) is 5.82 Å². The third-order valence-corrected chi connectivity index (χ3v) is 3.60. The normalized spacial score (nSPS) is 17.5. The Morgan fingerprint density at radius 2 is 2.28 bits per heavy atom. The van der Waals surface area contributed by atoms with Crippen LogP contribution in [-0.4, -0.2) is 33.4 Å². The minimum atomic E-state index is 0.173. The highest BCUT2D eigenvalue weighted by Gasteiger charge is 2.19. The van der Waals surface area contributed by atoms with Crippen LogP contribution in [0.2, 0.25) is 0 Å². The van der Waals surface area contributed by atoms with Crippen molar-refractivity contribution in [1.82, 2.24) is 14.5 Å². The average molecular weight is 247 g/mol. The van der Waals surface area contributed by atoms with Crippen LogP contribution in [0.4, 0.5) is 0 Å². The summed E-state index contributed by atoms with van der Waals surface area (Å²) in [6.45, 7) is 7.78. The summed E-state index contributed by atoms with van der Waals surface area (Å²) in [5.74, 6) is 1.20. The molecule has 1 atom stereocenters. The molecule has 1 aromatic heterocycles. The fourth-order valence-electron chi connectivity index (χ4n) is 2.33. The molecule has 4 heteroatoms. The van der Waals surface area contributed by atoms with Gasteiger partial charge >= 0.3 is 0 Å². The van der Waals surface area contributed by atoms with E-state index in [1.165, 1.54) is 5.57 Å². The molecule has 98 valence electrons. The summed E-state index contributed by atoms with van der Waals surface area (Å²) in [4.78, 5) is 18.3. The Morgan fingerprint density at radius 1 is 1.50 bits per heavy atom. The van der Waals surface area contributed by atoms with Crippen LogP contribution in [-0.2, 0) is 4.79 Å². The molecule has 0 spiro atoms. The van der Waals surface area contributed by atoms with Crippen LogP contribution in [0.25, 0.3) is 0 Å². The smallest absolute Gasteiger partial charge is 0.224 e. The first-order chi connectivity index (χ1) is 8.58. The van der Waals surface area contributed by atoms with Crippen molar-refractivity contribution in [3.63, 3.8) is 0 Å². The summed E-state index contributed by atoms with van der Waals surface area (Å²) in [5.41, 5.74) is 1.39. The van der Waals surface area contributed by atoms with E-state index in [9.17, 15) is 4.79 Å². The molecule has 1 aliphatic heterocycles. The van der Waals surface area contributed by atoms with E-state index in [2.05, 4.69) is 29.5 Å². The Labute approximate surface area is 108 Å². The SMILES string of the molecule is CC1=CCN(C(=O)C[C@H](C)n2ccnc2C)CC1. The maximum Gasteiger partial charge on any atom is 0.224 e. The van der Waals surface area contributed by atoms with Crippen molar-refractivity contribution < 1.29 is 4.79 Å². The molecule has 1 aliphatic rings. The van der Waals surface area contributed by atoms with Crippen molar-refractivity contribution >= 4 is 5.91 Å². The molecule has 0 bridgehead atoms. The zero-order valence-electron chi connectivity index (χ0n) is 11.4. The number of rotatable bonds is 3. The predicted molar refractivity (Wildman–Crippen MR) is 71.2 cm³/mol. The number of aromatic nitrogens is 2. The van der Waals surface area contributed by atoms with Gasteiger partial charge in [0.15, 0.2) is 0 Å². The summed E-state index contributed by atoms with van der Waals surface area (Å²) in [6.07, 6.45) is 7.42. The van der Waals surface area contributed by atoms with Gasteiger partial charge in [0, 0.05) is 37.9 Å². The van der Waals surface area contributed by atoms with E-state index in [1.807, 2.05) is 18.0 Å². The average Bonchev–Trinajstić information content (AvgIpc) is 2.76. The molecule has 0 unspecified atom stereocenters. The van der Waals surface area contributed by atoms with Gasteiger partial charge in [-0.15, -0.1) is 0 Å². The lowest BCUT2D eigenvalue weighted by Gasteiger charge is -2.27. The Bertz CT molecular complexity index is 461. The van der Waals surface area contributed by atoms with E-state index in [-0.39, 0.29) is 11.9 Å². The van der Waals surface area contributed by atoms with E-state index in [0.717, 1.165) is 25.3 Å². The third kappa shape index (κ3) is 2.81. The number of hydrogen-bond donors (Lipinski definition) is 0. The van der Waals surface area contributed by atoms with Gasteiger partial charge in [-0.05, 0) is 27.2 Å². The lowest BCUT2D eigenvalue weighted by Crippen LogP contribution is -2.35. The number of carbonyl (C=O) groups excluding carboxylic acids is 1. The highest BCUT2D eigenvalue weighted by molar-refractivity contribution is 5.77. The quantitative estimate of drug-likeness (QED) is 0.769. The monoisotopic (exact) mass is 247 g/mol. The molecule has 0 aliphatic carbocycles. The lowest BCUT2D eigenvalue weighted by molar-refractivity contribution is -0.131. The van der Waals surface area contributed by atoms with Gasteiger partial charge in [-0.25, -0.2) is 4.98 Å². The van der Waals surface area contributed by atoms with Crippen molar-refractivity contribution in [1.29, 1.82) is 0 Å². The van der Waals surface area contributed by atoms with Gasteiger partial charge in [-0.2, -0.15) is 0 Å². The van der Waals surface area contributed by atoms with Crippen molar-refractivity contribution in [2.75, 3.05) is 13.1 Å². The molecule has 0 radical (unpaired) electrons. The van der Waals surface area contributed by atoms with Gasteiger partial charge in [-0.1, -0.05) is 11.6 Å². The van der Waals surface area contributed by atoms with Crippen LogP contribution >= 0.6 is 0 Å². The second-order valence-corrected chi connectivity index (χ2v) is 5.08. The zero-order valence-corrected chi connectivity index (χ0v) is 11.4. The number of nitrogens with zero attached hydrogens (tertiary/aromatic N) is 3. The standard InChI is InChI=1S/C14H21N3O/c1-11-4-7-16(8-5-11)14(18)10-12(2)17-9-6-15-13(17)3/h4,6,9,12H,5,7-8,10H2,1-3H3/t12-/m0/s1. The molecule has 0 fully saturated rings. The Morgan fingerprint density at radius 3 is 2.83 bits per heavy atom. The van der Waals surface area contributed by atoms with Crippen molar-refractivity contribution in [2.45, 2.75) is 39.7 Å². The van der Waals surface area contributed by atoms with Crippen LogP contribution in [0, 0.1) is 6.92 Å². The fraction of sp³-hybridized carbons (Fsp3) is 0.571. The number of amides is 1. The third-order valence-electron chi connectivity index (χ3n) is 3.60. The molecule has 18 heavy (non-hydrogen) atoms. The minimum absolute atomic E-state index is 0.173. The van der Waals surface area contributed by atoms with Crippen LogP contribution in [0.1, 0.15) is 38.6 Å². The first-order valence-corrected chi connectivity index (χ1v) is 6.50. The van der Waals surface area contributed by atoms with Gasteiger partial charge in [0.2, 0.25) is 5.91 Å². The molecular formula is C14H21N3O. The van der Waals surface area contributed by atoms with Crippen LogP contribution in [0.15, 0.2) is 24.0 Å². The van der Waals surface area contributed by atoms with Gasteiger partial charge in [0.05, 0.1) is 0 Å². The van der Waals surface area contributed by atoms with Crippen molar-refractivity contribution in [3.05, 3.63) is 29.9 Å². The Kier molecular flexibility index (Phi) is 3.84. The maximum atomic E-state index is 12.2. The number of hydrogen-bond acceptors (Lipinski definition) is 2. The topological polar surface area (TPSA) is 38.1 Å². The number of aryl methyl sites for hydroxylation is 1. The second-order valence-electron chi connectivity index (χ2n) is 5.08. The zero-order chi connectivity index (χ0) is 13.1. The largest absolute Gasteiger partial charge is 0.339 e. The number of carbonyl (C=O) groups is 1. The molecule has 0 N–H and O–H groups in total. The summed E-state index contributed by atoms with van der Waals surface area (Å²) >= 11 is 0. The van der Waals surface area contributed by atoms with Gasteiger partial charge < -0.3 is 9.47 Å². The molecule has 1 amide bonds. The van der Waals surface area contributed by atoms with Gasteiger partial charge in [-0.3, -0.25) is 4.79 Å². The van der Waals surface area contributed by atoms with Crippen molar-refractivity contribution in [3.8, 4) is 0 Å². The van der Waals surface area contributed by atoms with Crippen molar-refractivity contribution in [2.24, 2.45) is 0 Å². The molecule has 2 heterocycles. The maximum absolute atomic E-state index is 12.2. The summed E-state index contributed by atoms with van der Waals surface area (Å²) in [7, 11) is 0. The van der Waals surface area contributed by atoms with Crippen LogP contribution in [0.5, 0.6) is 0 Å².